The molecule has 6 nitrogen and oxygen atoms in total. The van der Waals surface area contributed by atoms with Crippen LogP contribution in [0.1, 0.15) is 0 Å². The Morgan fingerprint density at radius 2 is 2.14 bits per heavy atom. The number of aromatic nitrogens is 1. The Labute approximate surface area is 77.6 Å². The van der Waals surface area contributed by atoms with Gasteiger partial charge in [0.15, 0.2) is 11.5 Å². The number of nitro benzene ring substituents is 1. The van der Waals surface area contributed by atoms with E-state index in [1.54, 1.807) is 0 Å². The third-order valence-corrected chi connectivity index (χ3v) is 1.97. The smallest absolute Gasteiger partial charge is 0.282 e. The molecule has 0 aliphatic rings. The number of aromatic amines is 1. The number of nitrogens with zero attached hydrogens (tertiary/aromatic N) is 1. The lowest BCUT2D eigenvalue weighted by Crippen LogP contribution is -1.88. The van der Waals surface area contributed by atoms with Gasteiger partial charge in [-0.15, -0.1) is 0 Å². The number of benzene rings is 1. The molecule has 1 aromatic heterocycles. The van der Waals surface area contributed by atoms with Crippen LogP contribution in [0.4, 0.5) is 5.69 Å². The van der Waals surface area contributed by atoms with Gasteiger partial charge in [0, 0.05) is 6.20 Å². The minimum Gasteiger partial charge on any atom is -0.504 e. The van der Waals surface area contributed by atoms with E-state index in [2.05, 4.69) is 4.98 Å². The average Bonchev–Trinajstić information content (AvgIpc) is 2.59. The summed E-state index contributed by atoms with van der Waals surface area (Å²) in [5.41, 5.74) is -0.0757. The summed E-state index contributed by atoms with van der Waals surface area (Å²) >= 11 is 0. The molecule has 0 radical (unpaired) electrons. The molecule has 2 aromatic rings. The molecule has 0 aliphatic heterocycles. The van der Waals surface area contributed by atoms with Gasteiger partial charge in [0.2, 0.25) is 0 Å². The van der Waals surface area contributed by atoms with Crippen molar-refractivity contribution in [3.8, 4) is 11.5 Å². The minimum atomic E-state index is -0.616. The highest BCUT2D eigenvalue weighted by Crippen LogP contribution is 2.38. The SMILES string of the molecule is O=[N+]([O-])c1cc(O)c(O)c2[nH]ccc12. The fourth-order valence-corrected chi connectivity index (χ4v) is 1.33. The zero-order valence-corrected chi connectivity index (χ0v) is 6.89. The van der Waals surface area contributed by atoms with Gasteiger partial charge in [0.1, 0.15) is 0 Å². The first-order valence-electron chi connectivity index (χ1n) is 3.77. The molecular formula is C8H6N2O4. The van der Waals surface area contributed by atoms with Gasteiger partial charge in [-0.2, -0.15) is 0 Å². The number of aromatic hydroxyl groups is 2. The van der Waals surface area contributed by atoms with E-state index in [1.807, 2.05) is 0 Å². The molecule has 2 rings (SSSR count). The summed E-state index contributed by atoms with van der Waals surface area (Å²) in [6.45, 7) is 0. The maximum atomic E-state index is 10.6. The normalized spacial score (nSPS) is 10.6. The second-order valence-corrected chi connectivity index (χ2v) is 2.79. The van der Waals surface area contributed by atoms with Gasteiger partial charge < -0.3 is 15.2 Å². The molecule has 14 heavy (non-hydrogen) atoms. The molecular weight excluding hydrogens is 188 g/mol. The summed E-state index contributed by atoms with van der Waals surface area (Å²) in [7, 11) is 0. The van der Waals surface area contributed by atoms with Crippen LogP contribution in [0, 0.1) is 10.1 Å². The van der Waals surface area contributed by atoms with Gasteiger partial charge >= 0.3 is 0 Å². The van der Waals surface area contributed by atoms with Crippen molar-refractivity contribution in [1.82, 2.24) is 4.98 Å². The van der Waals surface area contributed by atoms with Crippen molar-refractivity contribution in [2.24, 2.45) is 0 Å². The number of hydrogen-bond donors (Lipinski definition) is 3. The van der Waals surface area contributed by atoms with Crippen LogP contribution >= 0.6 is 0 Å². The van der Waals surface area contributed by atoms with Gasteiger partial charge in [0.05, 0.1) is 21.9 Å². The van der Waals surface area contributed by atoms with E-state index in [9.17, 15) is 20.3 Å². The lowest BCUT2D eigenvalue weighted by Gasteiger charge is -1.99. The van der Waals surface area contributed by atoms with Crippen molar-refractivity contribution in [2.45, 2.75) is 0 Å². The van der Waals surface area contributed by atoms with E-state index in [-0.39, 0.29) is 22.3 Å². The predicted molar refractivity (Wildman–Crippen MR) is 48.3 cm³/mol. The summed E-state index contributed by atoms with van der Waals surface area (Å²) < 4.78 is 0. The highest BCUT2D eigenvalue weighted by molar-refractivity contribution is 5.94. The van der Waals surface area contributed by atoms with E-state index in [1.165, 1.54) is 12.3 Å². The molecule has 0 saturated heterocycles. The van der Waals surface area contributed by atoms with Crippen LogP contribution in [0.3, 0.4) is 0 Å². The van der Waals surface area contributed by atoms with Crippen molar-refractivity contribution in [2.75, 3.05) is 0 Å². The van der Waals surface area contributed by atoms with E-state index < -0.39 is 10.7 Å². The predicted octanol–water partition coefficient (Wildman–Crippen LogP) is 1.49. The Balaban J connectivity index is 2.91. The van der Waals surface area contributed by atoms with Crippen molar-refractivity contribution in [1.29, 1.82) is 0 Å². The first-order chi connectivity index (χ1) is 6.61. The minimum absolute atomic E-state index is 0.164. The number of hydrogen-bond acceptors (Lipinski definition) is 4. The highest BCUT2D eigenvalue weighted by Gasteiger charge is 2.18. The first kappa shape index (κ1) is 8.36. The topological polar surface area (TPSA) is 99.4 Å². The molecule has 0 bridgehead atoms. The highest BCUT2D eigenvalue weighted by atomic mass is 16.6. The zero-order valence-electron chi connectivity index (χ0n) is 6.89. The molecule has 6 heteroatoms. The van der Waals surface area contributed by atoms with E-state index in [0.29, 0.717) is 0 Å². The number of nitrogens with one attached hydrogen (secondary N) is 1. The lowest BCUT2D eigenvalue weighted by molar-refractivity contribution is -0.383. The van der Waals surface area contributed by atoms with Crippen molar-refractivity contribution < 1.29 is 15.1 Å². The van der Waals surface area contributed by atoms with Crippen LogP contribution in [0.2, 0.25) is 0 Å². The van der Waals surface area contributed by atoms with Crippen LogP contribution in [0.5, 0.6) is 11.5 Å². The van der Waals surface area contributed by atoms with Crippen LogP contribution in [0.15, 0.2) is 18.3 Å². The third kappa shape index (κ3) is 0.972. The van der Waals surface area contributed by atoms with Gasteiger partial charge in [-0.1, -0.05) is 0 Å². The fraction of sp³-hybridized carbons (Fsp3) is 0. The quantitative estimate of drug-likeness (QED) is 0.363. The second kappa shape index (κ2) is 2.63. The summed E-state index contributed by atoms with van der Waals surface area (Å²) in [5, 5.41) is 29.4. The molecule has 0 spiro atoms. The molecule has 3 N–H and O–H groups in total. The molecule has 0 saturated carbocycles. The third-order valence-electron chi connectivity index (χ3n) is 1.97. The van der Waals surface area contributed by atoms with Crippen molar-refractivity contribution >= 4 is 16.6 Å². The van der Waals surface area contributed by atoms with E-state index >= 15 is 0 Å². The Bertz CT molecular complexity index is 517. The Kier molecular flexibility index (Phi) is 1.57. The first-order valence-corrected chi connectivity index (χ1v) is 3.77. The van der Waals surface area contributed by atoms with E-state index in [4.69, 9.17) is 0 Å². The number of nitro groups is 1. The number of phenols is 2. The molecule has 72 valence electrons. The van der Waals surface area contributed by atoms with Gasteiger partial charge in [-0.3, -0.25) is 10.1 Å². The number of non-ortho nitro benzene ring substituents is 1. The Morgan fingerprint density at radius 1 is 1.43 bits per heavy atom. The molecule has 0 atom stereocenters. The summed E-state index contributed by atoms with van der Waals surface area (Å²) in [6, 6.07) is 2.39. The molecule has 0 aliphatic carbocycles. The molecule has 0 unspecified atom stereocenters. The summed E-state index contributed by atoms with van der Waals surface area (Å²) in [6.07, 6.45) is 1.46. The number of H-pyrrole nitrogens is 1. The monoisotopic (exact) mass is 194 g/mol. The zero-order chi connectivity index (χ0) is 10.3. The largest absolute Gasteiger partial charge is 0.504 e. The summed E-state index contributed by atoms with van der Waals surface area (Å²) in [4.78, 5) is 12.6. The van der Waals surface area contributed by atoms with Crippen LogP contribution in [-0.2, 0) is 0 Å². The average molecular weight is 194 g/mol. The molecule has 1 heterocycles. The van der Waals surface area contributed by atoms with Gasteiger partial charge in [-0.05, 0) is 6.07 Å². The number of fused-ring (bicyclic) bond motifs is 1. The second-order valence-electron chi connectivity index (χ2n) is 2.79. The fourth-order valence-electron chi connectivity index (χ4n) is 1.33. The Hall–Kier alpha value is -2.24. The standard InChI is InChI=1S/C8H6N2O4/c11-6-3-5(10(13)14)4-1-2-9-7(4)8(6)12/h1-3,9,11-12H. The molecule has 0 amide bonds. The number of phenolic OH excluding ortho intramolecular Hbond substituents is 2. The molecule has 1 aromatic carbocycles. The van der Waals surface area contributed by atoms with Crippen molar-refractivity contribution in [3.63, 3.8) is 0 Å². The van der Waals surface area contributed by atoms with Crippen molar-refractivity contribution in [3.05, 3.63) is 28.4 Å². The number of rotatable bonds is 1. The molecule has 0 fully saturated rings. The maximum absolute atomic E-state index is 10.6. The Morgan fingerprint density at radius 3 is 2.79 bits per heavy atom. The van der Waals surface area contributed by atoms with Gasteiger partial charge in [-0.25, -0.2) is 0 Å². The lowest BCUT2D eigenvalue weighted by atomic mass is 10.2. The van der Waals surface area contributed by atoms with Gasteiger partial charge in [0.25, 0.3) is 5.69 Å². The maximum Gasteiger partial charge on any atom is 0.282 e. The van der Waals surface area contributed by atoms with E-state index in [0.717, 1.165) is 6.07 Å². The van der Waals surface area contributed by atoms with Crippen LogP contribution in [-0.4, -0.2) is 20.1 Å². The van der Waals surface area contributed by atoms with Crippen LogP contribution in [0.25, 0.3) is 10.9 Å². The summed E-state index contributed by atoms with van der Waals surface area (Å²) in [5.74, 6) is -0.887. The van der Waals surface area contributed by atoms with Crippen LogP contribution < -0.4 is 0 Å².